The monoisotopic (exact) mass is 588 g/mol. The van der Waals surface area contributed by atoms with Crippen LogP contribution in [-0.4, -0.2) is 44.5 Å². The highest BCUT2D eigenvalue weighted by atomic mass is 16.5. The smallest absolute Gasteiger partial charge is 0.338 e. The molecule has 1 N–H and O–H groups in total. The van der Waals surface area contributed by atoms with E-state index in [2.05, 4.69) is 29.6 Å². The van der Waals surface area contributed by atoms with Gasteiger partial charge in [-0.25, -0.2) is 9.69 Å². The Kier molecular flexibility index (Phi) is 6.65. The molecule has 3 aliphatic carbocycles. The lowest BCUT2D eigenvalue weighted by Gasteiger charge is -2.45. The lowest BCUT2D eigenvalue weighted by atomic mass is 9.55. The van der Waals surface area contributed by atoms with E-state index in [1.807, 2.05) is 24.3 Å². The van der Waals surface area contributed by atoms with Crippen LogP contribution >= 0.6 is 0 Å². The molecule has 9 heteroatoms. The van der Waals surface area contributed by atoms with Crippen molar-refractivity contribution < 1.29 is 33.4 Å². The maximum atomic E-state index is 13.9. The first-order chi connectivity index (χ1) is 21.4. The van der Waals surface area contributed by atoms with Gasteiger partial charge in [0.05, 0.1) is 43.0 Å². The Bertz CT molecular complexity index is 1720. The average molecular weight is 589 g/mol. The van der Waals surface area contributed by atoms with Crippen LogP contribution in [-0.2, 0) is 19.1 Å². The third-order valence-electron chi connectivity index (χ3n) is 8.83. The molecular weight excluding hydrogens is 560 g/mol. The number of carbonyl (C=O) groups is 4. The van der Waals surface area contributed by atoms with Crippen LogP contribution in [0.1, 0.15) is 44.4 Å². The van der Waals surface area contributed by atoms with E-state index in [1.165, 1.54) is 31.3 Å². The van der Waals surface area contributed by atoms with Crippen molar-refractivity contribution in [2.75, 3.05) is 31.0 Å². The molecule has 3 amide bonds. The molecule has 44 heavy (non-hydrogen) atoms. The predicted octanol–water partition coefficient (Wildman–Crippen LogP) is 4.90. The molecule has 4 aliphatic rings. The third-order valence-corrected chi connectivity index (χ3v) is 8.83. The van der Waals surface area contributed by atoms with Gasteiger partial charge in [0.15, 0.2) is 6.61 Å². The highest BCUT2D eigenvalue weighted by molar-refractivity contribution is 6.23. The van der Waals surface area contributed by atoms with E-state index in [1.54, 1.807) is 30.3 Å². The minimum atomic E-state index is -0.718. The summed E-state index contributed by atoms with van der Waals surface area (Å²) in [5.74, 6) is -2.17. The first kappa shape index (κ1) is 27.4. The molecule has 0 saturated carbocycles. The summed E-state index contributed by atoms with van der Waals surface area (Å²) in [7, 11) is 2.99. The molecule has 4 aromatic carbocycles. The van der Waals surface area contributed by atoms with E-state index in [4.69, 9.17) is 14.2 Å². The van der Waals surface area contributed by atoms with E-state index in [0.29, 0.717) is 22.9 Å². The number of methoxy groups -OCH3 is 2. The van der Waals surface area contributed by atoms with Gasteiger partial charge in [0.2, 0.25) is 11.8 Å². The maximum Gasteiger partial charge on any atom is 0.338 e. The first-order valence-electron chi connectivity index (χ1n) is 14.3. The third kappa shape index (κ3) is 4.23. The number of nitrogens with zero attached hydrogens (tertiary/aromatic N) is 1. The summed E-state index contributed by atoms with van der Waals surface area (Å²) in [6.45, 7) is -0.522. The second-order valence-corrected chi connectivity index (χ2v) is 11.0. The fourth-order valence-electron chi connectivity index (χ4n) is 6.98. The summed E-state index contributed by atoms with van der Waals surface area (Å²) < 4.78 is 15.6. The number of carbonyl (C=O) groups excluding carboxylic acids is 4. The van der Waals surface area contributed by atoms with E-state index < -0.39 is 30.3 Å². The average Bonchev–Trinajstić information content (AvgIpc) is 3.33. The molecular formula is C35H28N2O7. The number of hydrogen-bond donors (Lipinski definition) is 1. The van der Waals surface area contributed by atoms with E-state index in [-0.39, 0.29) is 29.2 Å². The molecule has 4 aromatic rings. The van der Waals surface area contributed by atoms with Crippen LogP contribution < -0.4 is 19.7 Å². The molecule has 220 valence electrons. The second kappa shape index (κ2) is 10.7. The number of anilines is 2. The molecule has 9 nitrogen and oxygen atoms in total. The van der Waals surface area contributed by atoms with Crippen molar-refractivity contribution in [3.63, 3.8) is 0 Å². The van der Waals surface area contributed by atoms with Crippen molar-refractivity contribution in [1.29, 1.82) is 0 Å². The molecule has 2 atom stereocenters. The van der Waals surface area contributed by atoms with Gasteiger partial charge in [0, 0.05) is 17.9 Å². The van der Waals surface area contributed by atoms with Crippen LogP contribution in [0.2, 0.25) is 0 Å². The summed E-state index contributed by atoms with van der Waals surface area (Å²) in [5, 5.41) is 2.65. The first-order valence-corrected chi connectivity index (χ1v) is 14.3. The fourth-order valence-corrected chi connectivity index (χ4v) is 6.98. The molecule has 0 spiro atoms. The number of nitrogens with one attached hydrogen (secondary N) is 1. The molecule has 0 aromatic heterocycles. The Balaban J connectivity index is 1.06. The Labute approximate surface area is 253 Å². The number of imide groups is 1. The van der Waals surface area contributed by atoms with Crippen LogP contribution in [0.3, 0.4) is 0 Å². The molecule has 1 saturated heterocycles. The number of amides is 3. The Morgan fingerprint density at radius 2 is 1.27 bits per heavy atom. The summed E-state index contributed by atoms with van der Waals surface area (Å²) >= 11 is 0. The van der Waals surface area contributed by atoms with Gasteiger partial charge in [0.1, 0.15) is 11.5 Å². The second-order valence-electron chi connectivity index (χ2n) is 11.0. The van der Waals surface area contributed by atoms with Gasteiger partial charge in [-0.2, -0.15) is 0 Å². The van der Waals surface area contributed by atoms with Crippen LogP contribution in [0.25, 0.3) is 0 Å². The van der Waals surface area contributed by atoms with Crippen LogP contribution in [0.4, 0.5) is 11.4 Å². The Morgan fingerprint density at radius 1 is 0.727 bits per heavy atom. The molecule has 0 unspecified atom stereocenters. The fraction of sp³-hybridized carbons (Fsp3) is 0.200. The minimum absolute atomic E-state index is 0.181. The molecule has 1 heterocycles. The van der Waals surface area contributed by atoms with Gasteiger partial charge in [0.25, 0.3) is 5.91 Å². The van der Waals surface area contributed by atoms with Crippen molar-refractivity contribution in [3.05, 3.63) is 119 Å². The van der Waals surface area contributed by atoms with E-state index >= 15 is 0 Å². The standard InChI is InChI=1S/C35H28N2O7/c1-42-21-15-16-26(27(17-21)43-2)36-28(38)18-44-35(41)19-11-13-20(14-12-19)37-33(39)31-29-22-7-3-4-8-23(22)30(32(31)34(37)40)25-10-6-5-9-24(25)29/h3-17,29-32H,18H2,1-2H3,(H,36,38)/t29?,30?,31-,32-/m1/s1. The number of hydrogen-bond acceptors (Lipinski definition) is 7. The minimum Gasteiger partial charge on any atom is -0.497 e. The van der Waals surface area contributed by atoms with Crippen molar-refractivity contribution in [2.45, 2.75) is 11.8 Å². The molecule has 8 rings (SSSR count). The number of rotatable bonds is 7. The maximum absolute atomic E-state index is 13.9. The molecule has 1 fully saturated rings. The van der Waals surface area contributed by atoms with Crippen LogP contribution in [0.5, 0.6) is 11.5 Å². The normalized spacial score (nSPS) is 20.8. The topological polar surface area (TPSA) is 111 Å². The number of benzene rings is 4. The van der Waals surface area contributed by atoms with E-state index in [0.717, 1.165) is 22.3 Å². The molecule has 0 radical (unpaired) electrons. The SMILES string of the molecule is COc1ccc(NC(=O)COC(=O)c2ccc(N3C(=O)[C@@H]4C5c6ccccc6C(c6ccccc65)[C@H]4C3=O)cc2)c(OC)c1. The number of esters is 1. The Morgan fingerprint density at radius 3 is 1.77 bits per heavy atom. The van der Waals surface area contributed by atoms with Gasteiger partial charge in [-0.05, 0) is 58.7 Å². The highest BCUT2D eigenvalue weighted by Gasteiger charge is 2.61. The lowest BCUT2D eigenvalue weighted by Crippen LogP contribution is -2.41. The van der Waals surface area contributed by atoms with Crippen LogP contribution in [0, 0.1) is 11.8 Å². The van der Waals surface area contributed by atoms with Gasteiger partial charge in [-0.3, -0.25) is 14.4 Å². The summed E-state index contributed by atoms with van der Waals surface area (Å²) in [6.07, 6.45) is 0. The van der Waals surface area contributed by atoms with Gasteiger partial charge in [-0.15, -0.1) is 0 Å². The largest absolute Gasteiger partial charge is 0.497 e. The number of ether oxygens (including phenoxy) is 3. The molecule has 2 bridgehead atoms. The van der Waals surface area contributed by atoms with Crippen molar-refractivity contribution in [2.24, 2.45) is 11.8 Å². The van der Waals surface area contributed by atoms with Gasteiger partial charge >= 0.3 is 5.97 Å². The van der Waals surface area contributed by atoms with Crippen molar-refractivity contribution in [1.82, 2.24) is 0 Å². The summed E-state index contributed by atoms with van der Waals surface area (Å²) in [6, 6.07) is 27.2. The molecule has 1 aliphatic heterocycles. The van der Waals surface area contributed by atoms with Crippen molar-refractivity contribution >= 4 is 35.1 Å². The van der Waals surface area contributed by atoms with Crippen molar-refractivity contribution in [3.8, 4) is 11.5 Å². The van der Waals surface area contributed by atoms with Gasteiger partial charge < -0.3 is 19.5 Å². The van der Waals surface area contributed by atoms with E-state index in [9.17, 15) is 19.2 Å². The summed E-state index contributed by atoms with van der Waals surface area (Å²) in [4.78, 5) is 54.3. The zero-order chi connectivity index (χ0) is 30.5. The highest BCUT2D eigenvalue weighted by Crippen LogP contribution is 2.61. The summed E-state index contributed by atoms with van der Waals surface area (Å²) in [5.41, 5.74) is 5.39. The zero-order valence-corrected chi connectivity index (χ0v) is 24.0. The zero-order valence-electron chi connectivity index (χ0n) is 24.0. The lowest BCUT2D eigenvalue weighted by molar-refractivity contribution is -0.122. The predicted molar refractivity (Wildman–Crippen MR) is 161 cm³/mol. The Hall–Kier alpha value is -5.44. The quantitative estimate of drug-likeness (QED) is 0.242. The van der Waals surface area contributed by atoms with Gasteiger partial charge in [-0.1, -0.05) is 48.5 Å². The van der Waals surface area contributed by atoms with Crippen LogP contribution in [0.15, 0.2) is 91.0 Å².